The highest BCUT2D eigenvalue weighted by Crippen LogP contribution is 2.63. The molecule has 2 N–H and O–H groups in total. The Kier molecular flexibility index (Phi) is 5.57. The number of esters is 1. The smallest absolute Gasteiger partial charge is 0.331 e. The number of allylic oxidation sites excluding steroid dienone is 1. The molecule has 1 amide bonds. The number of hydrogen-bond acceptors (Lipinski definition) is 6. The van der Waals surface area contributed by atoms with Gasteiger partial charge in [-0.15, -0.1) is 0 Å². The number of aliphatic hydroxyl groups is 1. The lowest BCUT2D eigenvalue weighted by molar-refractivity contribution is -0.177. The highest BCUT2D eigenvalue weighted by atomic mass is 16.6. The fraction of sp³-hybridized carbons (Fsp3) is 0.536. The zero-order valence-corrected chi connectivity index (χ0v) is 20.6. The lowest BCUT2D eigenvalue weighted by Crippen LogP contribution is -2.61. The Hall–Kier alpha value is -2.77. The molecule has 186 valence electrons. The van der Waals surface area contributed by atoms with E-state index in [0.717, 1.165) is 11.6 Å². The zero-order valence-electron chi connectivity index (χ0n) is 20.6. The molecule has 0 aromatic heterocycles. The number of carbonyl (C=O) groups is 3. The van der Waals surface area contributed by atoms with Crippen LogP contribution in [0.5, 0.6) is 0 Å². The van der Waals surface area contributed by atoms with Gasteiger partial charge in [-0.2, -0.15) is 0 Å². The molecule has 3 aliphatic heterocycles. The van der Waals surface area contributed by atoms with Crippen LogP contribution >= 0.6 is 0 Å². The molecule has 9 atom stereocenters. The topological polar surface area (TPSA) is 105 Å². The van der Waals surface area contributed by atoms with Gasteiger partial charge in [-0.25, -0.2) is 4.79 Å². The van der Waals surface area contributed by atoms with Gasteiger partial charge in [-0.3, -0.25) is 9.59 Å². The minimum atomic E-state index is -1.81. The summed E-state index contributed by atoms with van der Waals surface area (Å²) in [6, 6.07) is 9.69. The van der Waals surface area contributed by atoms with Crippen molar-refractivity contribution in [2.45, 2.75) is 69.5 Å². The van der Waals surface area contributed by atoms with Crippen LogP contribution in [0.25, 0.3) is 0 Å². The van der Waals surface area contributed by atoms with Crippen LogP contribution in [0.4, 0.5) is 0 Å². The molecule has 1 spiro atoms. The number of Topliss-reactive ketones (excluding diaryl/α,β-unsaturated/α-hetero) is 1. The van der Waals surface area contributed by atoms with Crippen LogP contribution in [0.15, 0.2) is 54.6 Å². The van der Waals surface area contributed by atoms with Crippen molar-refractivity contribution in [1.29, 1.82) is 0 Å². The van der Waals surface area contributed by atoms with Crippen molar-refractivity contribution in [3.05, 3.63) is 60.2 Å². The summed E-state index contributed by atoms with van der Waals surface area (Å²) in [5.74, 6) is -2.81. The zero-order chi connectivity index (χ0) is 25.2. The van der Waals surface area contributed by atoms with Crippen molar-refractivity contribution in [3.8, 4) is 0 Å². The number of nitrogens with one attached hydrogen (secondary N) is 1. The molecule has 35 heavy (non-hydrogen) atoms. The van der Waals surface area contributed by atoms with Crippen molar-refractivity contribution >= 4 is 17.7 Å². The van der Waals surface area contributed by atoms with Crippen molar-refractivity contribution < 1.29 is 29.0 Å². The van der Waals surface area contributed by atoms with Crippen LogP contribution in [0.3, 0.4) is 0 Å². The van der Waals surface area contributed by atoms with E-state index in [-0.39, 0.29) is 35.7 Å². The monoisotopic (exact) mass is 479 g/mol. The van der Waals surface area contributed by atoms with Crippen LogP contribution < -0.4 is 5.32 Å². The van der Waals surface area contributed by atoms with Crippen molar-refractivity contribution in [3.63, 3.8) is 0 Å². The Morgan fingerprint density at radius 3 is 2.54 bits per heavy atom. The van der Waals surface area contributed by atoms with Gasteiger partial charge in [0, 0.05) is 24.0 Å². The normalized spacial score (nSPS) is 44.8. The second-order valence-electron chi connectivity index (χ2n) is 11.0. The molecule has 7 nitrogen and oxygen atoms in total. The van der Waals surface area contributed by atoms with E-state index in [9.17, 15) is 19.5 Å². The van der Waals surface area contributed by atoms with Crippen LogP contribution in [0, 0.1) is 23.7 Å². The van der Waals surface area contributed by atoms with Crippen molar-refractivity contribution in [1.82, 2.24) is 5.32 Å². The number of amides is 1. The first-order valence-electron chi connectivity index (χ1n) is 12.4. The minimum Gasteiger partial charge on any atom is -0.445 e. The third-order valence-corrected chi connectivity index (χ3v) is 8.64. The first kappa shape index (κ1) is 23.9. The van der Waals surface area contributed by atoms with Gasteiger partial charge in [-0.05, 0) is 44.2 Å². The number of rotatable bonds is 2. The lowest BCUT2D eigenvalue weighted by Gasteiger charge is -2.45. The van der Waals surface area contributed by atoms with Crippen LogP contribution in [0.2, 0.25) is 0 Å². The van der Waals surface area contributed by atoms with Crippen molar-refractivity contribution in [2.24, 2.45) is 23.7 Å². The minimum absolute atomic E-state index is 0.0573. The molecule has 1 aromatic carbocycles. The highest BCUT2D eigenvalue weighted by molar-refractivity contribution is 5.96. The Bertz CT molecular complexity index is 1110. The number of benzene rings is 1. The Morgan fingerprint density at radius 1 is 1.11 bits per heavy atom. The SMILES string of the molecule is C[C@H]1CC=CC2[C@@H]3O[C@]3(C)[C@@H](C)[C@H]3[C@H](Cc4ccccc4)NC(=O)[C@]23OC(=O)C=C[C@@](C)(O)C1=O. The number of fused-ring (bicyclic) bond motifs is 2. The van der Waals surface area contributed by atoms with E-state index in [1.54, 1.807) is 6.92 Å². The largest absolute Gasteiger partial charge is 0.445 e. The van der Waals surface area contributed by atoms with E-state index >= 15 is 0 Å². The van der Waals surface area contributed by atoms with Crippen molar-refractivity contribution in [2.75, 3.05) is 0 Å². The predicted octanol–water partition coefficient (Wildman–Crippen LogP) is 2.52. The van der Waals surface area contributed by atoms with Crippen LogP contribution in [-0.2, 0) is 30.3 Å². The molecular weight excluding hydrogens is 446 g/mol. The van der Waals surface area contributed by atoms with Gasteiger partial charge >= 0.3 is 5.97 Å². The Balaban J connectivity index is 1.60. The molecule has 4 aliphatic rings. The number of hydrogen-bond donors (Lipinski definition) is 2. The molecule has 5 rings (SSSR count). The average molecular weight is 480 g/mol. The maximum Gasteiger partial charge on any atom is 0.331 e. The van der Waals surface area contributed by atoms with Gasteiger partial charge in [0.25, 0.3) is 5.91 Å². The van der Waals surface area contributed by atoms with Gasteiger partial charge in [0.05, 0.1) is 17.6 Å². The molecule has 7 heteroatoms. The van der Waals surface area contributed by atoms with Gasteiger partial charge in [0.1, 0.15) is 5.60 Å². The second-order valence-corrected chi connectivity index (χ2v) is 11.0. The standard InChI is InChI=1S/C28H33NO6/c1-16-9-8-12-19-24-27(4,35-24)17(2)22-20(15-18-10-6-5-7-11-18)29-25(32)28(19,22)34-21(30)13-14-26(3,33)23(16)31/h5-8,10-14,16-17,19-20,22,24,33H,9,15H2,1-4H3,(H,29,32)/t16-,17-,19?,20-,22-,24-,26+,27+,28-/m0/s1. The predicted molar refractivity (Wildman–Crippen MR) is 128 cm³/mol. The van der Waals surface area contributed by atoms with Gasteiger partial charge < -0.3 is 19.9 Å². The molecular formula is C28H33NO6. The summed E-state index contributed by atoms with van der Waals surface area (Å²) in [4.78, 5) is 39.6. The van der Waals surface area contributed by atoms with Gasteiger partial charge in [0.2, 0.25) is 5.60 Å². The fourth-order valence-electron chi connectivity index (χ4n) is 6.55. The first-order valence-corrected chi connectivity index (χ1v) is 12.4. The first-order chi connectivity index (χ1) is 16.5. The molecule has 0 bridgehead atoms. The summed E-state index contributed by atoms with van der Waals surface area (Å²) in [5, 5.41) is 13.8. The van der Waals surface area contributed by atoms with Crippen LogP contribution in [0.1, 0.15) is 39.7 Å². The number of ketones is 1. The molecule has 0 radical (unpaired) electrons. The molecule has 3 fully saturated rings. The van der Waals surface area contributed by atoms with E-state index in [0.29, 0.717) is 12.8 Å². The summed E-state index contributed by atoms with van der Waals surface area (Å²) in [6.45, 7) is 7.23. The van der Waals surface area contributed by atoms with E-state index in [1.807, 2.05) is 42.5 Å². The highest BCUT2D eigenvalue weighted by Gasteiger charge is 2.78. The Labute approximate surface area is 205 Å². The second kappa shape index (κ2) is 8.14. The maximum absolute atomic E-state index is 13.8. The third-order valence-electron chi connectivity index (χ3n) is 8.64. The summed E-state index contributed by atoms with van der Waals surface area (Å²) in [7, 11) is 0. The number of epoxide rings is 1. The van der Waals surface area contributed by atoms with E-state index in [1.165, 1.54) is 13.0 Å². The van der Waals surface area contributed by atoms with E-state index in [4.69, 9.17) is 9.47 Å². The summed E-state index contributed by atoms with van der Waals surface area (Å²) in [5.41, 5.74) is -2.61. The molecule has 1 aromatic rings. The van der Waals surface area contributed by atoms with Crippen LogP contribution in [-0.4, -0.2) is 51.7 Å². The Morgan fingerprint density at radius 2 is 1.83 bits per heavy atom. The molecule has 1 aliphatic carbocycles. The van der Waals surface area contributed by atoms with E-state index in [2.05, 4.69) is 19.2 Å². The third kappa shape index (κ3) is 3.67. The summed E-state index contributed by atoms with van der Waals surface area (Å²) in [6.07, 6.45) is 6.70. The average Bonchev–Trinajstić information content (AvgIpc) is 3.44. The summed E-state index contributed by atoms with van der Waals surface area (Å²) < 4.78 is 12.3. The number of carbonyl (C=O) groups excluding carboxylic acids is 3. The molecule has 3 heterocycles. The maximum atomic E-state index is 13.8. The molecule has 2 saturated heterocycles. The number of ether oxygens (including phenoxy) is 2. The van der Waals surface area contributed by atoms with Gasteiger partial charge in [-0.1, -0.05) is 56.3 Å². The molecule has 1 unspecified atom stereocenters. The molecule has 1 saturated carbocycles. The quantitative estimate of drug-likeness (QED) is 0.384. The summed E-state index contributed by atoms with van der Waals surface area (Å²) >= 11 is 0. The van der Waals surface area contributed by atoms with E-state index < -0.39 is 34.6 Å². The fourth-order valence-corrected chi connectivity index (χ4v) is 6.55. The lowest BCUT2D eigenvalue weighted by atomic mass is 9.59. The van der Waals surface area contributed by atoms with Gasteiger partial charge in [0.15, 0.2) is 5.78 Å².